The molecule has 2 aromatic heterocycles. The molecule has 0 saturated heterocycles. The molecule has 0 aliphatic carbocycles. The van der Waals surface area contributed by atoms with E-state index in [1.165, 1.54) is 96.3 Å². The van der Waals surface area contributed by atoms with Gasteiger partial charge in [0.1, 0.15) is 14.1 Å². The van der Waals surface area contributed by atoms with Crippen molar-refractivity contribution in [3.8, 4) is 0 Å². The van der Waals surface area contributed by atoms with Gasteiger partial charge in [0.2, 0.25) is 0 Å². The maximum Gasteiger partial charge on any atom is 0.168 e. The summed E-state index contributed by atoms with van der Waals surface area (Å²) in [5, 5.41) is 0. The summed E-state index contributed by atoms with van der Waals surface area (Å²) in [6.45, 7) is 2.91. The molecule has 0 radical (unpaired) electrons. The fourth-order valence-electron chi connectivity index (χ4n) is 3.64. The molecule has 0 aliphatic heterocycles. The van der Waals surface area contributed by atoms with Crippen LogP contribution in [0.5, 0.6) is 0 Å². The summed E-state index contributed by atoms with van der Waals surface area (Å²) in [5.41, 5.74) is 7.08. The largest absolute Gasteiger partial charge is 1.00 e. The number of pyridine rings is 2. The van der Waals surface area contributed by atoms with E-state index in [0.717, 1.165) is 6.42 Å². The Morgan fingerprint density at radius 3 is 0.912 bits per heavy atom. The zero-order chi connectivity index (χ0) is 24.2. The van der Waals surface area contributed by atoms with Gasteiger partial charge in [0.15, 0.2) is 24.8 Å². The van der Waals surface area contributed by atoms with Crippen molar-refractivity contribution in [1.29, 1.82) is 0 Å². The maximum absolute atomic E-state index is 7.08. The first-order valence-electron chi connectivity index (χ1n) is 13.7. The van der Waals surface area contributed by atoms with Crippen molar-refractivity contribution >= 4 is 0 Å². The fraction of sp³-hybridized carbons (Fsp3) is 0.667. The first-order valence-corrected chi connectivity index (χ1v) is 13.7. The molecule has 0 spiro atoms. The van der Waals surface area contributed by atoms with E-state index in [0.29, 0.717) is 6.54 Å². The minimum atomic E-state index is 0. The first kappa shape index (κ1) is 34.7. The predicted octanol–water partition coefficient (Wildman–Crippen LogP) is 5.33. The lowest BCUT2D eigenvalue weighted by Gasteiger charge is -2.04. The lowest BCUT2D eigenvalue weighted by Crippen LogP contribution is -3.00. The third-order valence-corrected chi connectivity index (χ3v) is 5.76. The Balaban J connectivity index is 0. The molecule has 0 aliphatic rings. The zero-order valence-corrected chi connectivity index (χ0v) is 23.3. The topological polar surface area (TPSA) is 31.6 Å². The first-order chi connectivity index (χ1) is 16.2. The van der Waals surface area contributed by atoms with E-state index in [2.05, 4.69) is 6.92 Å². The Morgan fingerprint density at radius 2 is 0.706 bits per heavy atom. The van der Waals surface area contributed by atoms with Crippen LogP contribution in [0.3, 0.4) is 0 Å². The van der Waals surface area contributed by atoms with Gasteiger partial charge in [-0.3, -0.25) is 0 Å². The molecule has 0 aromatic carbocycles. The number of hydrogen-bond acceptors (Lipinski definition) is 0. The predicted molar refractivity (Wildman–Crippen MR) is 144 cm³/mol. The quantitative estimate of drug-likeness (QED) is 0.224. The molecule has 0 fully saturated rings. The van der Waals surface area contributed by atoms with Crippen LogP contribution < -0.4 is 21.5 Å². The van der Waals surface area contributed by atoms with Crippen molar-refractivity contribution < 1.29 is 21.5 Å². The number of rotatable bonds is 16. The van der Waals surface area contributed by atoms with Crippen LogP contribution >= 0.6 is 0 Å². The second kappa shape index (κ2) is 29.6. The Bertz CT molecular complexity index is 539. The minimum Gasteiger partial charge on any atom is -1.00 e. The molecule has 2 aromatic rings. The average molecular weight is 492 g/mol. The lowest BCUT2D eigenvalue weighted by atomic mass is 10.0. The molecule has 0 unspecified atom stereocenters. The van der Waals surface area contributed by atoms with Crippen LogP contribution in [0.25, 0.3) is 5.73 Å². The summed E-state index contributed by atoms with van der Waals surface area (Å²) in [7, 11) is 4.00. The van der Waals surface area contributed by atoms with Gasteiger partial charge in [0, 0.05) is 24.3 Å². The highest BCUT2D eigenvalue weighted by atomic mass is 35.5. The molecule has 4 heteroatoms. The number of unbranched alkanes of at least 4 members (excludes halogenated alkanes) is 15. The van der Waals surface area contributed by atoms with Crippen molar-refractivity contribution in [2.75, 3.05) is 6.54 Å². The van der Waals surface area contributed by atoms with Crippen molar-refractivity contribution in [3.63, 3.8) is 0 Å². The number of halogens is 1. The molecular weight excluding hydrogens is 438 g/mol. The van der Waals surface area contributed by atoms with Crippen molar-refractivity contribution in [1.82, 2.24) is 0 Å². The van der Waals surface area contributed by atoms with E-state index in [1.54, 1.807) is 0 Å². The van der Waals surface area contributed by atoms with Crippen LogP contribution in [0.4, 0.5) is 0 Å². The molecule has 0 amide bonds. The van der Waals surface area contributed by atoms with Crippen LogP contribution in [-0.4, -0.2) is 6.54 Å². The van der Waals surface area contributed by atoms with Crippen LogP contribution in [0, 0.1) is 0 Å². The highest BCUT2D eigenvalue weighted by molar-refractivity contribution is 4.83. The smallest absolute Gasteiger partial charge is 0.168 e. The van der Waals surface area contributed by atoms with Gasteiger partial charge in [-0.25, -0.2) is 9.13 Å². The van der Waals surface area contributed by atoms with Gasteiger partial charge in [-0.15, -0.1) is 0 Å². The van der Waals surface area contributed by atoms with Crippen molar-refractivity contribution in [3.05, 3.63) is 66.9 Å². The number of nitrogens with zero attached hydrogens (tertiary/aromatic N) is 2. The number of aryl methyl sites for hydroxylation is 2. The normalized spacial score (nSPS) is 9.76. The van der Waals surface area contributed by atoms with Gasteiger partial charge in [-0.05, 0) is 0 Å². The van der Waals surface area contributed by atoms with E-state index < -0.39 is 0 Å². The number of hydrogen-bond donors (Lipinski definition) is 0. The lowest BCUT2D eigenvalue weighted by molar-refractivity contribution is -0.671. The monoisotopic (exact) mass is 491 g/mol. The van der Waals surface area contributed by atoms with E-state index in [-0.39, 0.29) is 12.4 Å². The van der Waals surface area contributed by atoms with Gasteiger partial charge in [-0.1, -0.05) is 122 Å². The molecule has 0 atom stereocenters. The number of aromatic nitrogens is 2. The highest BCUT2D eigenvalue weighted by Crippen LogP contribution is 2.13. The van der Waals surface area contributed by atoms with E-state index in [4.69, 9.17) is 5.73 Å². The molecule has 0 saturated carbocycles. The molecule has 0 bridgehead atoms. The van der Waals surface area contributed by atoms with Crippen molar-refractivity contribution in [2.24, 2.45) is 14.1 Å². The third-order valence-electron chi connectivity index (χ3n) is 5.76. The van der Waals surface area contributed by atoms with E-state index in [1.807, 2.05) is 84.4 Å². The van der Waals surface area contributed by atoms with E-state index >= 15 is 0 Å². The minimum absolute atomic E-state index is 0. The molecular formula is C30H54ClN3. The van der Waals surface area contributed by atoms with Crippen LogP contribution in [-0.2, 0) is 14.1 Å². The zero-order valence-electron chi connectivity index (χ0n) is 22.6. The summed E-state index contributed by atoms with van der Waals surface area (Å²) in [4.78, 5) is 0. The molecule has 2 rings (SSSR count). The summed E-state index contributed by atoms with van der Waals surface area (Å²) < 4.78 is 4.00. The fourth-order valence-corrected chi connectivity index (χ4v) is 3.64. The second-order valence-electron chi connectivity index (χ2n) is 9.14. The Morgan fingerprint density at radius 1 is 0.441 bits per heavy atom. The summed E-state index contributed by atoms with van der Waals surface area (Å²) >= 11 is 0. The second-order valence-corrected chi connectivity index (χ2v) is 9.14. The standard InChI is InChI=1S/C18H38N.2C6H8N.ClH/c1-2-3-4-5-6-7-8-9-10-11-12-13-14-15-16-17-18-19;2*1-7-5-3-2-4-6-7;/h19H,2-18H2,1H3;2*2-6H,1H3;1H/q-1;2*+1;/p-1. The van der Waals surface area contributed by atoms with Gasteiger partial charge in [0.05, 0.1) is 0 Å². The van der Waals surface area contributed by atoms with Gasteiger partial charge in [0.25, 0.3) is 0 Å². The van der Waals surface area contributed by atoms with Crippen LogP contribution in [0.15, 0.2) is 61.2 Å². The Labute approximate surface area is 218 Å². The summed E-state index contributed by atoms with van der Waals surface area (Å²) in [6, 6.07) is 12.0. The summed E-state index contributed by atoms with van der Waals surface area (Å²) in [5.74, 6) is 0. The molecule has 34 heavy (non-hydrogen) atoms. The third kappa shape index (κ3) is 28.6. The average Bonchev–Trinajstić information content (AvgIpc) is 2.83. The number of nitrogens with one attached hydrogen (secondary N) is 1. The van der Waals surface area contributed by atoms with Crippen LogP contribution in [0.2, 0.25) is 0 Å². The molecule has 2 heterocycles. The Hall–Kier alpha value is -1.45. The van der Waals surface area contributed by atoms with Crippen molar-refractivity contribution in [2.45, 2.75) is 110 Å². The summed E-state index contributed by atoms with van der Waals surface area (Å²) in [6.07, 6.45) is 30.5. The van der Waals surface area contributed by atoms with Gasteiger partial charge in [-0.2, -0.15) is 6.54 Å². The maximum atomic E-state index is 7.08. The van der Waals surface area contributed by atoms with Gasteiger partial charge < -0.3 is 18.1 Å². The SMILES string of the molecule is CCCCCCCCCCCCCCCCCC[NH-].C[n+]1ccccc1.C[n+]1ccccc1.[Cl-]. The Kier molecular flexibility index (Phi) is 30.2. The molecule has 1 N–H and O–H groups in total. The molecule has 3 nitrogen and oxygen atoms in total. The highest BCUT2D eigenvalue weighted by Gasteiger charge is 1.93. The van der Waals surface area contributed by atoms with Gasteiger partial charge >= 0.3 is 0 Å². The van der Waals surface area contributed by atoms with Crippen LogP contribution in [0.1, 0.15) is 110 Å². The molecule has 196 valence electrons. The van der Waals surface area contributed by atoms with E-state index in [9.17, 15) is 0 Å².